The van der Waals surface area contributed by atoms with Gasteiger partial charge in [-0.2, -0.15) is 0 Å². The van der Waals surface area contributed by atoms with Crippen molar-refractivity contribution in [3.63, 3.8) is 0 Å². The molecule has 1 nitrogen and oxygen atoms in total. The molecule has 0 N–H and O–H groups in total. The molecule has 0 saturated heterocycles. The van der Waals surface area contributed by atoms with Crippen LogP contribution in [-0.2, 0) is 4.79 Å². The third-order valence-electron chi connectivity index (χ3n) is 4.48. The Morgan fingerprint density at radius 2 is 1.92 bits per heavy atom. The van der Waals surface area contributed by atoms with Crippen LogP contribution in [-0.4, -0.2) is 5.78 Å². The first-order valence-corrected chi connectivity index (χ1v) is 4.52. The fraction of sp³-hybridized carbons (Fsp3) is 0.900. The molecule has 2 fully saturated rings. The molecule has 0 heterocycles. The second-order valence-electron chi connectivity index (χ2n) is 4.92. The van der Waals surface area contributed by atoms with Crippen LogP contribution in [0.4, 0.5) is 0 Å². The molecular weight excluding hydrogens is 172 g/mol. The van der Waals surface area contributed by atoms with E-state index < -0.39 is 0 Å². The number of halogens is 1. The number of carbonyl (C=O) groups is 1. The van der Waals surface area contributed by atoms with Crippen molar-refractivity contribution in [2.45, 2.75) is 40.0 Å². The molecule has 0 aromatic carbocycles. The zero-order chi connectivity index (χ0) is 8.28. The number of hydrogen-bond donors (Lipinski definition) is 0. The van der Waals surface area contributed by atoms with E-state index in [9.17, 15) is 4.79 Å². The lowest BCUT2D eigenvalue weighted by Crippen LogP contribution is -2.32. The van der Waals surface area contributed by atoms with Crippen molar-refractivity contribution in [1.29, 1.82) is 0 Å². The molecule has 0 radical (unpaired) electrons. The summed E-state index contributed by atoms with van der Waals surface area (Å²) in [7, 11) is 0. The Morgan fingerprint density at radius 3 is 2.08 bits per heavy atom. The molecule has 2 aliphatic carbocycles. The Labute approximate surface area is 80.3 Å². The van der Waals surface area contributed by atoms with Crippen LogP contribution in [0.25, 0.3) is 0 Å². The smallest absolute Gasteiger partial charge is 0.139 e. The van der Waals surface area contributed by atoms with E-state index in [1.807, 2.05) is 0 Å². The van der Waals surface area contributed by atoms with Gasteiger partial charge in [0.1, 0.15) is 5.78 Å². The Morgan fingerprint density at radius 1 is 1.33 bits per heavy atom. The van der Waals surface area contributed by atoms with Gasteiger partial charge in [0.25, 0.3) is 0 Å². The molecule has 2 rings (SSSR count). The summed E-state index contributed by atoms with van der Waals surface area (Å²) in [5.41, 5.74) is 0.307. The average Bonchev–Trinajstić information content (AvgIpc) is 2.20. The standard InChI is InChI=1S/C10H16O.ClH/c1-9(2)7-4-5-10(9,3)8(11)6-7;/h7H,4-6H2,1-3H3;1H. The Bertz CT molecular complexity index is 222. The average molecular weight is 189 g/mol. The van der Waals surface area contributed by atoms with Gasteiger partial charge in [-0.15, -0.1) is 12.4 Å². The quantitative estimate of drug-likeness (QED) is 0.572. The largest absolute Gasteiger partial charge is 0.299 e. The molecule has 70 valence electrons. The normalized spacial score (nSPS) is 42.9. The Balaban J connectivity index is 0.000000720. The van der Waals surface area contributed by atoms with E-state index in [0.717, 1.165) is 12.8 Å². The molecule has 2 saturated carbocycles. The van der Waals surface area contributed by atoms with Crippen molar-refractivity contribution >= 4 is 18.2 Å². The van der Waals surface area contributed by atoms with Gasteiger partial charge < -0.3 is 0 Å². The van der Waals surface area contributed by atoms with Crippen LogP contribution in [0.5, 0.6) is 0 Å². The van der Waals surface area contributed by atoms with Gasteiger partial charge in [-0.25, -0.2) is 0 Å². The zero-order valence-electron chi connectivity index (χ0n) is 8.02. The van der Waals surface area contributed by atoms with Gasteiger partial charge in [0.2, 0.25) is 0 Å². The van der Waals surface area contributed by atoms with Crippen LogP contribution in [0.15, 0.2) is 0 Å². The highest BCUT2D eigenvalue weighted by atomic mass is 35.5. The maximum absolute atomic E-state index is 11.6. The summed E-state index contributed by atoms with van der Waals surface area (Å²) in [4.78, 5) is 11.6. The maximum atomic E-state index is 11.6. The second kappa shape index (κ2) is 2.47. The second-order valence-corrected chi connectivity index (χ2v) is 4.92. The Kier molecular flexibility index (Phi) is 2.07. The molecule has 0 aromatic rings. The number of Topliss-reactive ketones (excluding diaryl/α,β-unsaturated/α-hetero) is 1. The minimum absolute atomic E-state index is 0. The summed E-state index contributed by atoms with van der Waals surface area (Å²) in [6.45, 7) is 6.67. The number of ketones is 1. The minimum Gasteiger partial charge on any atom is -0.299 e. The van der Waals surface area contributed by atoms with E-state index in [1.165, 1.54) is 6.42 Å². The van der Waals surface area contributed by atoms with E-state index in [0.29, 0.717) is 11.7 Å². The van der Waals surface area contributed by atoms with Gasteiger partial charge in [0.05, 0.1) is 0 Å². The summed E-state index contributed by atoms with van der Waals surface area (Å²) in [6.07, 6.45) is 3.25. The van der Waals surface area contributed by atoms with Crippen molar-refractivity contribution in [2.24, 2.45) is 16.7 Å². The van der Waals surface area contributed by atoms with E-state index in [4.69, 9.17) is 0 Å². The van der Waals surface area contributed by atoms with E-state index in [2.05, 4.69) is 20.8 Å². The predicted molar refractivity (Wildman–Crippen MR) is 51.5 cm³/mol. The molecular formula is C10H17ClO. The third-order valence-corrected chi connectivity index (χ3v) is 4.48. The first-order valence-electron chi connectivity index (χ1n) is 4.52. The van der Waals surface area contributed by atoms with E-state index in [1.54, 1.807) is 0 Å². The molecule has 12 heavy (non-hydrogen) atoms. The summed E-state index contributed by atoms with van der Waals surface area (Å²) in [5.74, 6) is 1.19. The SMILES string of the molecule is CC12CCC(CC1=O)C2(C)C.Cl. The Hall–Kier alpha value is -0.0400. The lowest BCUT2D eigenvalue weighted by Gasteiger charge is -2.32. The molecule has 0 spiro atoms. The fourth-order valence-electron chi connectivity index (χ4n) is 2.90. The maximum Gasteiger partial charge on any atom is 0.139 e. The summed E-state index contributed by atoms with van der Waals surface area (Å²) in [5, 5.41) is 0. The first-order chi connectivity index (χ1) is 4.98. The van der Waals surface area contributed by atoms with Crippen LogP contribution in [0.2, 0.25) is 0 Å². The van der Waals surface area contributed by atoms with E-state index >= 15 is 0 Å². The minimum atomic E-state index is 0. The molecule has 2 bridgehead atoms. The van der Waals surface area contributed by atoms with Crippen molar-refractivity contribution in [3.8, 4) is 0 Å². The molecule has 0 aromatic heterocycles. The highest BCUT2D eigenvalue weighted by molar-refractivity contribution is 5.89. The van der Waals surface area contributed by atoms with Gasteiger partial charge in [0, 0.05) is 11.8 Å². The van der Waals surface area contributed by atoms with Gasteiger partial charge >= 0.3 is 0 Å². The van der Waals surface area contributed by atoms with Crippen LogP contribution in [0.3, 0.4) is 0 Å². The number of hydrogen-bond acceptors (Lipinski definition) is 1. The highest BCUT2D eigenvalue weighted by Crippen LogP contribution is 2.63. The highest BCUT2D eigenvalue weighted by Gasteiger charge is 2.61. The van der Waals surface area contributed by atoms with Gasteiger partial charge in [-0.3, -0.25) is 4.79 Å². The van der Waals surface area contributed by atoms with Crippen LogP contribution >= 0.6 is 12.4 Å². The summed E-state index contributed by atoms with van der Waals surface area (Å²) >= 11 is 0. The number of rotatable bonds is 0. The van der Waals surface area contributed by atoms with Crippen LogP contribution in [0, 0.1) is 16.7 Å². The predicted octanol–water partition coefficient (Wildman–Crippen LogP) is 2.82. The van der Waals surface area contributed by atoms with Crippen LogP contribution in [0.1, 0.15) is 40.0 Å². The lowest BCUT2D eigenvalue weighted by molar-refractivity contribution is -0.128. The van der Waals surface area contributed by atoms with Crippen molar-refractivity contribution in [3.05, 3.63) is 0 Å². The summed E-state index contributed by atoms with van der Waals surface area (Å²) < 4.78 is 0. The molecule has 2 atom stereocenters. The first kappa shape index (κ1) is 10.0. The van der Waals surface area contributed by atoms with Crippen molar-refractivity contribution in [1.82, 2.24) is 0 Å². The fourth-order valence-corrected chi connectivity index (χ4v) is 2.90. The molecule has 2 heteroatoms. The number of carbonyl (C=O) groups excluding carboxylic acids is 1. The third kappa shape index (κ3) is 0.834. The van der Waals surface area contributed by atoms with Crippen LogP contribution < -0.4 is 0 Å². The molecule has 2 aliphatic rings. The van der Waals surface area contributed by atoms with E-state index in [-0.39, 0.29) is 23.2 Å². The van der Waals surface area contributed by atoms with Crippen molar-refractivity contribution in [2.75, 3.05) is 0 Å². The molecule has 0 aliphatic heterocycles. The molecule has 2 unspecified atom stereocenters. The van der Waals surface area contributed by atoms with Gasteiger partial charge in [-0.05, 0) is 24.2 Å². The van der Waals surface area contributed by atoms with Crippen molar-refractivity contribution < 1.29 is 4.79 Å². The number of fused-ring (bicyclic) bond motifs is 2. The van der Waals surface area contributed by atoms with Gasteiger partial charge in [0.15, 0.2) is 0 Å². The zero-order valence-corrected chi connectivity index (χ0v) is 8.83. The lowest BCUT2D eigenvalue weighted by atomic mass is 9.70. The monoisotopic (exact) mass is 188 g/mol. The molecule has 0 amide bonds. The summed E-state index contributed by atoms with van der Waals surface area (Å²) in [6, 6.07) is 0. The van der Waals surface area contributed by atoms with Gasteiger partial charge in [-0.1, -0.05) is 20.8 Å². The topological polar surface area (TPSA) is 17.1 Å².